The Labute approximate surface area is 223 Å². The highest BCUT2D eigenvalue weighted by atomic mass is 16.5. The van der Waals surface area contributed by atoms with Crippen molar-refractivity contribution in [1.82, 2.24) is 4.90 Å². The standard InChI is InChI=1S/C30H34N2O6/c1-4-31(5-2)16-17-32-27(26(29(34)30(32)35)28(33)25-11-8-18-37-25)22-12-14-23(15-13-22)36-19-20-38-24-10-7-6-9-21(24)3/h6-15,18,27,34H,4-5,16-17,19-20H2,1-3H3. The van der Waals surface area contributed by atoms with Crippen LogP contribution in [0.4, 0.5) is 0 Å². The summed E-state index contributed by atoms with van der Waals surface area (Å²) in [7, 11) is 0. The third kappa shape index (κ3) is 5.92. The summed E-state index contributed by atoms with van der Waals surface area (Å²) in [6, 6.07) is 17.2. The van der Waals surface area contributed by atoms with Crippen LogP contribution in [0.3, 0.4) is 0 Å². The number of hydrogen-bond acceptors (Lipinski definition) is 6. The van der Waals surface area contributed by atoms with Crippen molar-refractivity contribution >= 4 is 11.7 Å². The number of amides is 1. The van der Waals surface area contributed by atoms with E-state index in [9.17, 15) is 14.7 Å². The lowest BCUT2D eigenvalue weighted by Gasteiger charge is -2.29. The SMILES string of the molecule is CC[NH+](CC)CCN1C(=O)C([O-])=C(C(=O)c2ccco2)C1c1ccc(OCCOc2ccccc2C)cc1. The van der Waals surface area contributed by atoms with E-state index < -0.39 is 23.5 Å². The van der Waals surface area contributed by atoms with Crippen molar-refractivity contribution in [2.75, 3.05) is 39.4 Å². The van der Waals surface area contributed by atoms with Crippen LogP contribution in [0, 0.1) is 6.92 Å². The average molecular weight is 519 g/mol. The zero-order valence-corrected chi connectivity index (χ0v) is 22.1. The molecule has 200 valence electrons. The maximum atomic E-state index is 13.3. The van der Waals surface area contributed by atoms with Gasteiger partial charge in [0.1, 0.15) is 24.7 Å². The predicted molar refractivity (Wildman–Crippen MR) is 140 cm³/mol. The first-order valence-corrected chi connectivity index (χ1v) is 13.0. The van der Waals surface area contributed by atoms with E-state index in [-0.39, 0.29) is 11.3 Å². The summed E-state index contributed by atoms with van der Waals surface area (Å²) in [4.78, 5) is 29.1. The zero-order valence-electron chi connectivity index (χ0n) is 22.1. The fourth-order valence-corrected chi connectivity index (χ4v) is 4.65. The maximum Gasteiger partial charge on any atom is 0.240 e. The van der Waals surface area contributed by atoms with Crippen LogP contribution in [0.15, 0.2) is 82.7 Å². The summed E-state index contributed by atoms with van der Waals surface area (Å²) in [5.41, 5.74) is 1.64. The molecule has 1 aliphatic heterocycles. The molecule has 0 spiro atoms. The van der Waals surface area contributed by atoms with Gasteiger partial charge < -0.3 is 28.8 Å². The summed E-state index contributed by atoms with van der Waals surface area (Å²) in [6.07, 6.45) is 1.38. The van der Waals surface area contributed by atoms with Crippen molar-refractivity contribution in [2.45, 2.75) is 26.8 Å². The molecule has 8 nitrogen and oxygen atoms in total. The van der Waals surface area contributed by atoms with Crippen LogP contribution in [-0.2, 0) is 4.79 Å². The van der Waals surface area contributed by atoms with E-state index in [0.717, 1.165) is 24.4 Å². The van der Waals surface area contributed by atoms with Crippen LogP contribution in [-0.4, -0.2) is 56.0 Å². The quantitative estimate of drug-likeness (QED) is 0.276. The normalized spacial score (nSPS) is 15.4. The second kappa shape index (κ2) is 12.5. The zero-order chi connectivity index (χ0) is 27.1. The smallest absolute Gasteiger partial charge is 0.240 e. The van der Waals surface area contributed by atoms with Crippen molar-refractivity contribution in [1.29, 1.82) is 0 Å². The van der Waals surface area contributed by atoms with Gasteiger partial charge in [-0.15, -0.1) is 0 Å². The number of likely N-dealkylation sites (N-methyl/N-ethyl adjacent to an activating group) is 1. The number of benzene rings is 2. The number of aryl methyl sites for hydroxylation is 1. The number of hydrogen-bond donors (Lipinski definition) is 1. The van der Waals surface area contributed by atoms with Crippen molar-refractivity contribution in [3.05, 3.63) is 95.1 Å². The van der Waals surface area contributed by atoms with Gasteiger partial charge in [-0.05, 0) is 68.0 Å². The molecule has 1 atom stereocenters. The Morgan fingerprint density at radius 3 is 2.37 bits per heavy atom. The minimum atomic E-state index is -0.791. The molecule has 0 radical (unpaired) electrons. The Balaban J connectivity index is 1.50. The minimum absolute atomic E-state index is 0.0379. The van der Waals surface area contributed by atoms with Gasteiger partial charge in [-0.25, -0.2) is 0 Å². The number of rotatable bonds is 13. The molecule has 0 fully saturated rings. The van der Waals surface area contributed by atoms with Gasteiger partial charge >= 0.3 is 0 Å². The largest absolute Gasteiger partial charge is 0.868 e. The molecule has 3 aromatic rings. The summed E-state index contributed by atoms with van der Waals surface area (Å²) < 4.78 is 16.9. The molecule has 0 saturated heterocycles. The number of para-hydroxylation sites is 1. The van der Waals surface area contributed by atoms with Crippen LogP contribution in [0.2, 0.25) is 0 Å². The molecule has 1 aromatic heterocycles. The number of carbonyl (C=O) groups excluding carboxylic acids is 2. The third-order valence-corrected chi connectivity index (χ3v) is 6.88. The van der Waals surface area contributed by atoms with E-state index in [1.807, 2.05) is 31.2 Å². The lowest BCUT2D eigenvalue weighted by atomic mass is 9.95. The van der Waals surface area contributed by atoms with Crippen LogP contribution < -0.4 is 19.5 Å². The number of nitrogens with one attached hydrogen (secondary N) is 1. The Hall–Kier alpha value is -4.04. The Bertz CT molecular complexity index is 1260. The highest BCUT2D eigenvalue weighted by Crippen LogP contribution is 2.38. The summed E-state index contributed by atoms with van der Waals surface area (Å²) >= 11 is 0. The summed E-state index contributed by atoms with van der Waals surface area (Å²) in [5.74, 6) is -0.528. The molecule has 38 heavy (non-hydrogen) atoms. The molecule has 0 saturated carbocycles. The third-order valence-electron chi connectivity index (χ3n) is 6.88. The van der Waals surface area contributed by atoms with Crippen molar-refractivity contribution in [3.8, 4) is 11.5 Å². The number of ketones is 1. The molecule has 0 aliphatic carbocycles. The molecular formula is C30H34N2O6. The van der Waals surface area contributed by atoms with E-state index in [1.54, 1.807) is 30.3 Å². The Kier molecular flexibility index (Phi) is 8.86. The number of ether oxygens (including phenoxy) is 2. The van der Waals surface area contributed by atoms with E-state index >= 15 is 0 Å². The molecule has 8 heteroatoms. The Morgan fingerprint density at radius 1 is 1.00 bits per heavy atom. The first-order chi connectivity index (χ1) is 18.4. The van der Waals surface area contributed by atoms with Crippen LogP contribution in [0.5, 0.6) is 11.5 Å². The second-order valence-electron chi connectivity index (χ2n) is 9.19. The van der Waals surface area contributed by atoms with Crippen molar-refractivity contribution in [2.24, 2.45) is 0 Å². The van der Waals surface area contributed by atoms with Gasteiger partial charge in [0, 0.05) is 5.57 Å². The highest BCUT2D eigenvalue weighted by Gasteiger charge is 2.40. The van der Waals surface area contributed by atoms with Gasteiger partial charge in [0.15, 0.2) is 5.76 Å². The molecule has 1 N–H and O–H groups in total. The van der Waals surface area contributed by atoms with Crippen molar-refractivity contribution in [3.63, 3.8) is 0 Å². The lowest BCUT2D eigenvalue weighted by Crippen LogP contribution is -3.12. The number of quaternary nitrogens is 1. The number of nitrogens with zero attached hydrogens (tertiary/aromatic N) is 1. The van der Waals surface area contributed by atoms with E-state index in [1.165, 1.54) is 22.1 Å². The molecular weight excluding hydrogens is 484 g/mol. The molecule has 1 unspecified atom stereocenters. The molecule has 2 aromatic carbocycles. The summed E-state index contributed by atoms with van der Waals surface area (Å²) in [5, 5.41) is 13.1. The highest BCUT2D eigenvalue weighted by molar-refractivity contribution is 6.14. The summed E-state index contributed by atoms with van der Waals surface area (Å²) in [6.45, 7) is 9.71. The van der Waals surface area contributed by atoms with Gasteiger partial charge in [0.25, 0.3) is 0 Å². The van der Waals surface area contributed by atoms with Crippen LogP contribution >= 0.6 is 0 Å². The second-order valence-corrected chi connectivity index (χ2v) is 9.19. The van der Waals surface area contributed by atoms with Gasteiger partial charge in [-0.1, -0.05) is 30.3 Å². The first kappa shape index (κ1) is 27.0. The molecule has 0 bridgehead atoms. The number of Topliss-reactive ketones (excluding diaryl/α,β-unsaturated/α-hetero) is 1. The van der Waals surface area contributed by atoms with Gasteiger partial charge in [0.05, 0.1) is 38.5 Å². The molecule has 4 rings (SSSR count). The predicted octanol–water partition coefficient (Wildman–Crippen LogP) is 2.35. The monoisotopic (exact) mass is 518 g/mol. The van der Waals surface area contributed by atoms with E-state index in [2.05, 4.69) is 13.8 Å². The number of carbonyl (C=O) groups is 2. The molecule has 2 heterocycles. The molecule has 1 aliphatic rings. The van der Waals surface area contributed by atoms with E-state index in [0.29, 0.717) is 37.6 Å². The average Bonchev–Trinajstić information content (AvgIpc) is 3.56. The fraction of sp³-hybridized carbons (Fsp3) is 0.333. The topological polar surface area (TPSA) is 96.5 Å². The van der Waals surface area contributed by atoms with Gasteiger partial charge in [-0.2, -0.15) is 0 Å². The Morgan fingerprint density at radius 2 is 1.71 bits per heavy atom. The van der Waals surface area contributed by atoms with Crippen LogP contribution in [0.1, 0.15) is 41.6 Å². The van der Waals surface area contributed by atoms with E-state index in [4.69, 9.17) is 13.9 Å². The van der Waals surface area contributed by atoms with Crippen molar-refractivity contribution < 1.29 is 33.5 Å². The molecule has 1 amide bonds. The first-order valence-electron chi connectivity index (χ1n) is 13.0. The maximum absolute atomic E-state index is 13.3. The lowest BCUT2D eigenvalue weighted by molar-refractivity contribution is -0.895. The van der Waals surface area contributed by atoms with Gasteiger partial charge in [0.2, 0.25) is 11.7 Å². The van der Waals surface area contributed by atoms with Crippen LogP contribution in [0.25, 0.3) is 0 Å². The van der Waals surface area contributed by atoms with Gasteiger partial charge in [-0.3, -0.25) is 9.59 Å². The fourth-order valence-electron chi connectivity index (χ4n) is 4.65. The number of furan rings is 1. The minimum Gasteiger partial charge on any atom is -0.868 e.